The Balaban J connectivity index is 4.94. The van der Waals surface area contributed by atoms with Gasteiger partial charge in [-0.15, -0.1) is 0 Å². The average molecular weight is 481 g/mol. The first kappa shape index (κ1) is 31.6. The zero-order chi connectivity index (χ0) is 24.6. The Morgan fingerprint density at radius 1 is 0.594 bits per heavy atom. The van der Waals surface area contributed by atoms with E-state index in [1.54, 1.807) is 0 Å². The molecule has 0 aromatic rings. The minimum absolute atomic E-state index is 0.280. The van der Waals surface area contributed by atoms with Crippen molar-refractivity contribution in [2.45, 2.75) is 143 Å². The number of hydrogen-bond donors (Lipinski definition) is 0. The first-order valence-electron chi connectivity index (χ1n) is 13.5. The van der Waals surface area contributed by atoms with Gasteiger partial charge >= 0.3 is 0 Å². The Morgan fingerprint density at radius 3 is 1.09 bits per heavy atom. The van der Waals surface area contributed by atoms with Gasteiger partial charge in [0.05, 0.1) is 12.2 Å². The molecule has 0 N–H and O–H groups in total. The van der Waals surface area contributed by atoms with Crippen molar-refractivity contribution in [1.82, 2.24) is 0 Å². The third-order valence-electron chi connectivity index (χ3n) is 7.93. The van der Waals surface area contributed by atoms with Gasteiger partial charge in [0.1, 0.15) is 0 Å². The van der Waals surface area contributed by atoms with Crippen LogP contribution in [0.15, 0.2) is 35.5 Å². The normalized spacial score (nSPS) is 16.1. The molecule has 0 fully saturated rings. The molecule has 0 aromatic carbocycles. The second-order valence-corrected chi connectivity index (χ2v) is 18.8. The van der Waals surface area contributed by atoms with Gasteiger partial charge in [0.2, 0.25) is 0 Å². The maximum atomic E-state index is 6.83. The van der Waals surface area contributed by atoms with Crippen molar-refractivity contribution < 1.29 is 8.85 Å². The average Bonchev–Trinajstić information content (AvgIpc) is 2.84. The molecular weight excluding hydrogens is 424 g/mol. The highest BCUT2D eigenvalue weighted by atomic mass is 28.4. The second-order valence-electron chi connectivity index (χ2n) is 9.39. The summed E-state index contributed by atoms with van der Waals surface area (Å²) in [5, 5.41) is 0. The number of allylic oxidation sites excluding steroid dienone is 4. The molecule has 0 aromatic heterocycles. The molecule has 0 radical (unpaired) electrons. The molecular formula is C28H56O2Si2. The lowest BCUT2D eigenvalue weighted by molar-refractivity contribution is 0.210. The van der Waals surface area contributed by atoms with Gasteiger partial charge in [-0.05, 0) is 89.6 Å². The fourth-order valence-electron chi connectivity index (χ4n) is 4.47. The molecule has 0 rings (SSSR count). The molecule has 0 spiro atoms. The van der Waals surface area contributed by atoms with E-state index in [0.29, 0.717) is 0 Å². The van der Waals surface area contributed by atoms with Crippen LogP contribution in [0.5, 0.6) is 0 Å². The third-order valence-corrected chi connectivity index (χ3v) is 17.2. The van der Waals surface area contributed by atoms with Crippen molar-refractivity contribution in [3.63, 3.8) is 0 Å². The Morgan fingerprint density at radius 2 is 0.875 bits per heavy atom. The van der Waals surface area contributed by atoms with Crippen LogP contribution in [0.25, 0.3) is 0 Å². The summed E-state index contributed by atoms with van der Waals surface area (Å²) in [5.74, 6) is 0. The number of rotatable bonds is 18. The van der Waals surface area contributed by atoms with Gasteiger partial charge in [-0.3, -0.25) is 0 Å². The zero-order valence-electron chi connectivity index (χ0n) is 23.4. The molecule has 0 aliphatic heterocycles. The van der Waals surface area contributed by atoms with Gasteiger partial charge in [-0.1, -0.05) is 77.0 Å². The van der Waals surface area contributed by atoms with Gasteiger partial charge in [0.25, 0.3) is 0 Å². The fourth-order valence-corrected chi connectivity index (χ4v) is 10.3. The van der Waals surface area contributed by atoms with Crippen molar-refractivity contribution in [2.24, 2.45) is 0 Å². The van der Waals surface area contributed by atoms with Crippen LogP contribution < -0.4 is 0 Å². The van der Waals surface area contributed by atoms with Gasteiger partial charge in [0.15, 0.2) is 16.6 Å². The van der Waals surface area contributed by atoms with Crippen LogP contribution in [0, 0.1) is 0 Å². The van der Waals surface area contributed by atoms with Crippen LogP contribution in [0.3, 0.4) is 0 Å². The molecule has 32 heavy (non-hydrogen) atoms. The van der Waals surface area contributed by atoms with Crippen LogP contribution in [0.2, 0.25) is 36.3 Å². The van der Waals surface area contributed by atoms with Crippen molar-refractivity contribution >= 4 is 16.6 Å². The molecule has 0 heterocycles. The summed E-state index contributed by atoms with van der Waals surface area (Å²) >= 11 is 0. The van der Waals surface area contributed by atoms with E-state index >= 15 is 0 Å². The smallest absolute Gasteiger partial charge is 0.192 e. The fraction of sp³-hybridized carbons (Fsp3) is 0.786. The summed E-state index contributed by atoms with van der Waals surface area (Å²) in [6.07, 6.45) is 14.1. The Hall–Kier alpha value is -0.426. The molecule has 4 heteroatoms. The highest BCUT2D eigenvalue weighted by Gasteiger charge is 2.33. The predicted octanol–water partition coefficient (Wildman–Crippen LogP) is 9.82. The van der Waals surface area contributed by atoms with E-state index in [1.807, 2.05) is 0 Å². The van der Waals surface area contributed by atoms with Gasteiger partial charge in [-0.2, -0.15) is 0 Å². The molecule has 2 atom stereocenters. The quantitative estimate of drug-likeness (QED) is 0.143. The summed E-state index contributed by atoms with van der Waals surface area (Å²) in [4.78, 5) is 0. The highest BCUT2D eigenvalue weighted by molar-refractivity contribution is 6.74. The highest BCUT2D eigenvalue weighted by Crippen LogP contribution is 2.29. The lowest BCUT2D eigenvalue weighted by Gasteiger charge is -2.34. The minimum atomic E-state index is -1.58. The van der Waals surface area contributed by atoms with Crippen LogP contribution in [-0.4, -0.2) is 28.8 Å². The largest absolute Gasteiger partial charge is 0.410 e. The van der Waals surface area contributed by atoms with Crippen molar-refractivity contribution in [1.29, 1.82) is 0 Å². The first-order valence-corrected chi connectivity index (χ1v) is 18.6. The zero-order valence-corrected chi connectivity index (χ0v) is 25.4. The third kappa shape index (κ3) is 10.2. The van der Waals surface area contributed by atoms with Crippen LogP contribution in [0.1, 0.15) is 94.9 Å². The van der Waals surface area contributed by atoms with E-state index in [1.165, 1.54) is 47.4 Å². The lowest BCUT2D eigenvalue weighted by Crippen LogP contribution is -2.40. The van der Waals surface area contributed by atoms with Gasteiger partial charge < -0.3 is 8.85 Å². The SMILES string of the molecule is C/C=C(\C)C(CC/C=C/CCC(O[Si](CC)(CC)CC)/C(C)=C/C)O[Si](CC)(CC)CC. The predicted molar refractivity (Wildman–Crippen MR) is 151 cm³/mol. The molecule has 0 saturated heterocycles. The molecule has 2 nitrogen and oxygen atoms in total. The Bertz CT molecular complexity index is 505. The van der Waals surface area contributed by atoms with E-state index in [2.05, 4.69) is 93.5 Å². The number of hydrogen-bond acceptors (Lipinski definition) is 2. The van der Waals surface area contributed by atoms with E-state index in [4.69, 9.17) is 8.85 Å². The summed E-state index contributed by atoms with van der Waals surface area (Å²) < 4.78 is 13.7. The van der Waals surface area contributed by atoms with Crippen molar-refractivity contribution in [3.8, 4) is 0 Å². The standard InChI is InChI=1S/C28H56O2Si2/c1-11-25(9)27(29-31(13-3,14-4)15-5)23-21-19-20-22-24-28(26(10)12-2)30-32(16-6,17-7)18-8/h11-12,19-20,27-28H,13-18,21-24H2,1-10H3/b20-19+,25-11+,26-12+. The van der Waals surface area contributed by atoms with Crippen LogP contribution >= 0.6 is 0 Å². The molecule has 0 aliphatic carbocycles. The molecule has 188 valence electrons. The first-order chi connectivity index (χ1) is 15.3. The second kappa shape index (κ2) is 17.1. The monoisotopic (exact) mass is 480 g/mol. The summed E-state index contributed by atoms with van der Waals surface area (Å²) in [5.41, 5.74) is 2.78. The summed E-state index contributed by atoms with van der Waals surface area (Å²) in [7, 11) is -3.17. The van der Waals surface area contributed by atoms with Crippen molar-refractivity contribution in [2.75, 3.05) is 0 Å². The van der Waals surface area contributed by atoms with E-state index < -0.39 is 16.6 Å². The maximum Gasteiger partial charge on any atom is 0.192 e. The molecule has 0 aliphatic rings. The van der Waals surface area contributed by atoms with Crippen LogP contribution in [-0.2, 0) is 8.85 Å². The molecule has 0 saturated carbocycles. The minimum Gasteiger partial charge on any atom is -0.410 e. The van der Waals surface area contributed by atoms with Crippen LogP contribution in [0.4, 0.5) is 0 Å². The van der Waals surface area contributed by atoms with E-state index in [0.717, 1.165) is 25.7 Å². The molecule has 2 unspecified atom stereocenters. The summed E-state index contributed by atoms with van der Waals surface area (Å²) in [6.45, 7) is 22.7. The lowest BCUT2D eigenvalue weighted by atomic mass is 10.0. The van der Waals surface area contributed by atoms with Crippen molar-refractivity contribution in [3.05, 3.63) is 35.5 Å². The van der Waals surface area contributed by atoms with E-state index in [9.17, 15) is 0 Å². The van der Waals surface area contributed by atoms with Gasteiger partial charge in [-0.25, -0.2) is 0 Å². The topological polar surface area (TPSA) is 18.5 Å². The molecule has 0 amide bonds. The molecule has 0 bridgehead atoms. The summed E-state index contributed by atoms with van der Waals surface area (Å²) in [6, 6.07) is 7.29. The maximum absolute atomic E-state index is 6.83. The Labute approximate surface area is 204 Å². The van der Waals surface area contributed by atoms with E-state index in [-0.39, 0.29) is 12.2 Å². The Kier molecular flexibility index (Phi) is 16.8. The van der Waals surface area contributed by atoms with Gasteiger partial charge in [0, 0.05) is 0 Å².